The van der Waals surface area contributed by atoms with Crippen molar-refractivity contribution in [1.82, 2.24) is 19.9 Å². The fourth-order valence-corrected chi connectivity index (χ4v) is 4.55. The Morgan fingerprint density at radius 2 is 2.14 bits per heavy atom. The number of benzene rings is 1. The Balaban J connectivity index is 1.49. The summed E-state index contributed by atoms with van der Waals surface area (Å²) >= 11 is 2.75. The van der Waals surface area contributed by atoms with E-state index in [1.807, 2.05) is 38.1 Å². The van der Waals surface area contributed by atoms with Gasteiger partial charge in [-0.05, 0) is 32.0 Å². The van der Waals surface area contributed by atoms with Crippen LogP contribution in [-0.4, -0.2) is 38.1 Å². The van der Waals surface area contributed by atoms with Gasteiger partial charge >= 0.3 is 0 Å². The Morgan fingerprint density at radius 3 is 2.86 bits per heavy atom. The van der Waals surface area contributed by atoms with Gasteiger partial charge in [0, 0.05) is 6.54 Å². The van der Waals surface area contributed by atoms with Crippen molar-refractivity contribution in [3.8, 4) is 11.4 Å². The van der Waals surface area contributed by atoms with E-state index in [0.717, 1.165) is 15.8 Å². The molecule has 1 aromatic carbocycles. The molecule has 0 aliphatic heterocycles. The van der Waals surface area contributed by atoms with Crippen LogP contribution in [0.3, 0.4) is 0 Å². The zero-order valence-corrected chi connectivity index (χ0v) is 17.0. The summed E-state index contributed by atoms with van der Waals surface area (Å²) < 4.78 is 7.72. The van der Waals surface area contributed by atoms with Gasteiger partial charge in [-0.3, -0.25) is 9.69 Å². The number of aromatic nitrogens is 4. The van der Waals surface area contributed by atoms with Crippen molar-refractivity contribution in [2.24, 2.45) is 0 Å². The zero-order chi connectivity index (χ0) is 19.7. The van der Waals surface area contributed by atoms with Crippen LogP contribution < -0.4 is 10.7 Å². The molecule has 0 saturated carbocycles. The lowest BCUT2D eigenvalue weighted by molar-refractivity contribution is -0.116. The number of hydrogen-bond acceptors (Lipinski definition) is 8. The number of anilines is 1. The fraction of sp³-hybridized carbons (Fsp3) is 0.222. The third-order valence-corrected chi connectivity index (χ3v) is 6.21. The molecule has 0 aliphatic rings. The van der Waals surface area contributed by atoms with E-state index in [-0.39, 0.29) is 11.7 Å². The zero-order valence-electron chi connectivity index (χ0n) is 15.3. The molecule has 0 radical (unpaired) electrons. The highest BCUT2D eigenvalue weighted by molar-refractivity contribution is 7.99. The fourth-order valence-electron chi connectivity index (χ4n) is 2.77. The average Bonchev–Trinajstić information content (AvgIpc) is 3.39. The molecule has 0 spiro atoms. The van der Waals surface area contributed by atoms with E-state index in [0.29, 0.717) is 28.4 Å². The van der Waals surface area contributed by atoms with Crippen LogP contribution >= 0.6 is 23.1 Å². The molecule has 10 heteroatoms. The second-order valence-corrected chi connectivity index (χ2v) is 7.91. The molecule has 3 heterocycles. The van der Waals surface area contributed by atoms with Gasteiger partial charge in [0.25, 0.3) is 0 Å². The Labute approximate surface area is 169 Å². The van der Waals surface area contributed by atoms with E-state index in [1.54, 1.807) is 17.2 Å². The first-order valence-electron chi connectivity index (χ1n) is 8.62. The van der Waals surface area contributed by atoms with Gasteiger partial charge in [-0.25, -0.2) is 9.66 Å². The first-order valence-corrected chi connectivity index (χ1v) is 10.4. The van der Waals surface area contributed by atoms with Gasteiger partial charge < -0.3 is 10.3 Å². The minimum Gasteiger partial charge on any atom is -0.469 e. The number of amides is 1. The summed E-state index contributed by atoms with van der Waals surface area (Å²) in [5.74, 6) is 7.45. The maximum absolute atomic E-state index is 12.8. The van der Waals surface area contributed by atoms with Crippen molar-refractivity contribution in [3.05, 3.63) is 42.4 Å². The summed E-state index contributed by atoms with van der Waals surface area (Å²) in [4.78, 5) is 19.0. The van der Waals surface area contributed by atoms with Crippen LogP contribution in [0, 0.1) is 6.92 Å². The Bertz CT molecular complexity index is 1100. The second kappa shape index (κ2) is 7.64. The van der Waals surface area contributed by atoms with Gasteiger partial charge in [0.2, 0.25) is 11.1 Å². The van der Waals surface area contributed by atoms with Crippen molar-refractivity contribution >= 4 is 44.4 Å². The van der Waals surface area contributed by atoms with Crippen LogP contribution in [0.2, 0.25) is 0 Å². The number of para-hydroxylation sites is 1. The van der Waals surface area contributed by atoms with E-state index in [9.17, 15) is 4.79 Å². The van der Waals surface area contributed by atoms with Crippen LogP contribution in [-0.2, 0) is 4.79 Å². The quantitative estimate of drug-likeness (QED) is 0.381. The molecule has 3 aromatic heterocycles. The third-order valence-electron chi connectivity index (χ3n) is 4.22. The second-order valence-electron chi connectivity index (χ2n) is 5.96. The molecule has 0 bridgehead atoms. The average molecular weight is 415 g/mol. The lowest BCUT2D eigenvalue weighted by Crippen LogP contribution is -2.32. The van der Waals surface area contributed by atoms with Crippen LogP contribution in [0.5, 0.6) is 0 Å². The molecule has 0 unspecified atom stereocenters. The summed E-state index contributed by atoms with van der Waals surface area (Å²) in [5.41, 5.74) is 1.67. The molecular formula is C18H18N6O2S2. The van der Waals surface area contributed by atoms with Crippen molar-refractivity contribution < 1.29 is 9.21 Å². The highest BCUT2D eigenvalue weighted by Crippen LogP contribution is 2.30. The van der Waals surface area contributed by atoms with Gasteiger partial charge in [-0.1, -0.05) is 35.2 Å². The number of rotatable bonds is 6. The minimum atomic E-state index is -0.0596. The number of thioether (sulfide) groups is 1. The maximum Gasteiger partial charge on any atom is 0.239 e. The van der Waals surface area contributed by atoms with Gasteiger partial charge in [0.15, 0.2) is 11.0 Å². The number of nitrogen functional groups attached to an aromatic ring is 1. The SMILES string of the molecule is CCN(C(=O)CSc1nnc(-c2ccoc2C)n1N)c1nc2ccccc2s1. The van der Waals surface area contributed by atoms with Gasteiger partial charge in [-0.15, -0.1) is 10.2 Å². The molecule has 0 aliphatic carbocycles. The molecule has 1 amide bonds. The largest absolute Gasteiger partial charge is 0.469 e. The highest BCUT2D eigenvalue weighted by atomic mass is 32.2. The lowest BCUT2D eigenvalue weighted by atomic mass is 10.2. The van der Waals surface area contributed by atoms with Crippen molar-refractivity contribution in [2.75, 3.05) is 23.0 Å². The maximum atomic E-state index is 12.8. The number of fused-ring (bicyclic) bond motifs is 1. The lowest BCUT2D eigenvalue weighted by Gasteiger charge is -2.17. The third kappa shape index (κ3) is 3.36. The smallest absolute Gasteiger partial charge is 0.239 e. The van der Waals surface area contributed by atoms with E-state index in [1.165, 1.54) is 27.8 Å². The molecule has 4 aromatic rings. The Kier molecular flexibility index (Phi) is 5.05. The Hall–Kier alpha value is -2.85. The predicted molar refractivity (Wildman–Crippen MR) is 111 cm³/mol. The first kappa shape index (κ1) is 18.5. The van der Waals surface area contributed by atoms with Gasteiger partial charge in [-0.2, -0.15) is 0 Å². The number of carbonyl (C=O) groups excluding carboxylic acids is 1. The summed E-state index contributed by atoms with van der Waals surface area (Å²) in [7, 11) is 0. The predicted octanol–water partition coefficient (Wildman–Crippen LogP) is 3.32. The molecule has 2 N–H and O–H groups in total. The molecule has 8 nitrogen and oxygen atoms in total. The van der Waals surface area contributed by atoms with Crippen LogP contribution in [0.15, 0.2) is 46.2 Å². The number of nitrogens with zero attached hydrogens (tertiary/aromatic N) is 5. The Morgan fingerprint density at radius 1 is 1.32 bits per heavy atom. The number of hydrogen-bond donors (Lipinski definition) is 1. The van der Waals surface area contributed by atoms with E-state index >= 15 is 0 Å². The van der Waals surface area contributed by atoms with E-state index in [2.05, 4.69) is 15.2 Å². The summed E-state index contributed by atoms with van der Waals surface area (Å²) in [6, 6.07) is 9.63. The monoisotopic (exact) mass is 414 g/mol. The topological polar surface area (TPSA) is 103 Å². The number of furan rings is 1. The van der Waals surface area contributed by atoms with Crippen molar-refractivity contribution in [1.29, 1.82) is 0 Å². The molecule has 144 valence electrons. The minimum absolute atomic E-state index is 0.0596. The number of aryl methyl sites for hydroxylation is 1. The van der Waals surface area contributed by atoms with Gasteiger partial charge in [0.1, 0.15) is 5.76 Å². The molecular weight excluding hydrogens is 396 g/mol. The molecule has 28 heavy (non-hydrogen) atoms. The van der Waals surface area contributed by atoms with Gasteiger partial charge in [0.05, 0.1) is 27.8 Å². The van der Waals surface area contributed by atoms with Crippen LogP contribution in [0.25, 0.3) is 21.6 Å². The highest BCUT2D eigenvalue weighted by Gasteiger charge is 2.21. The number of nitrogens with two attached hydrogens (primary N) is 1. The molecule has 0 atom stereocenters. The van der Waals surface area contributed by atoms with E-state index in [4.69, 9.17) is 10.3 Å². The number of thiazole rings is 1. The summed E-state index contributed by atoms with van der Waals surface area (Å²) in [5, 5.41) is 9.38. The molecule has 4 rings (SSSR count). The van der Waals surface area contributed by atoms with Crippen molar-refractivity contribution in [2.45, 2.75) is 19.0 Å². The van der Waals surface area contributed by atoms with Crippen LogP contribution in [0.4, 0.5) is 5.13 Å². The summed E-state index contributed by atoms with van der Waals surface area (Å²) in [6.07, 6.45) is 1.58. The standard InChI is InChI=1S/C18H18N6O2S2/c1-3-23(17-20-13-6-4-5-7-14(13)28-17)15(25)10-27-18-22-21-16(24(18)19)12-8-9-26-11(12)2/h4-9H,3,10,19H2,1-2H3. The number of carbonyl (C=O) groups is 1. The summed E-state index contributed by atoms with van der Waals surface area (Å²) in [6.45, 7) is 4.30. The molecule has 0 fully saturated rings. The van der Waals surface area contributed by atoms with Crippen LogP contribution in [0.1, 0.15) is 12.7 Å². The van der Waals surface area contributed by atoms with E-state index < -0.39 is 0 Å². The van der Waals surface area contributed by atoms with Crippen molar-refractivity contribution in [3.63, 3.8) is 0 Å². The first-order chi connectivity index (χ1) is 13.6. The molecule has 0 saturated heterocycles. The normalized spacial score (nSPS) is 11.2.